The molecule has 0 bridgehead atoms. The van der Waals surface area contributed by atoms with Gasteiger partial charge >= 0.3 is 5.97 Å². The second-order valence-corrected chi connectivity index (χ2v) is 2.17. The highest BCUT2D eigenvalue weighted by atomic mass is 16.4. The van der Waals surface area contributed by atoms with E-state index in [1.54, 1.807) is 5.92 Å². The molecule has 3 N–H and O–H groups in total. The summed E-state index contributed by atoms with van der Waals surface area (Å²) >= 11 is 0. The summed E-state index contributed by atoms with van der Waals surface area (Å²) in [5, 5.41) is 19.2. The van der Waals surface area contributed by atoms with Crippen molar-refractivity contribution in [2.24, 2.45) is 0 Å². The molecule has 0 saturated heterocycles. The Balaban J connectivity index is 4.26. The van der Waals surface area contributed by atoms with Gasteiger partial charge in [0.25, 0.3) is 5.91 Å². The van der Waals surface area contributed by atoms with Crippen molar-refractivity contribution in [1.82, 2.24) is 5.32 Å². The van der Waals surface area contributed by atoms with Gasteiger partial charge in [0.1, 0.15) is 0 Å². The number of terminal acetylenes is 1. The fourth-order valence-corrected chi connectivity index (χ4v) is 0.572. The van der Waals surface area contributed by atoms with E-state index in [4.69, 9.17) is 10.2 Å². The first-order valence-electron chi connectivity index (χ1n) is 3.17. The SMILES string of the molecule is C#CC(=O)N[C@H](C(=O)O)[C@@H](C)O. The lowest BCUT2D eigenvalue weighted by molar-refractivity contribution is -0.144. The zero-order chi connectivity index (χ0) is 9.72. The van der Waals surface area contributed by atoms with E-state index in [2.05, 4.69) is 6.42 Å². The number of carboxylic acids is 1. The fraction of sp³-hybridized carbons (Fsp3) is 0.429. The van der Waals surface area contributed by atoms with Gasteiger partial charge in [0.2, 0.25) is 0 Å². The first-order valence-corrected chi connectivity index (χ1v) is 3.17. The van der Waals surface area contributed by atoms with Gasteiger partial charge < -0.3 is 15.5 Å². The lowest BCUT2D eigenvalue weighted by Gasteiger charge is -2.14. The molecule has 0 aromatic heterocycles. The van der Waals surface area contributed by atoms with Crippen molar-refractivity contribution in [2.75, 3.05) is 0 Å². The lowest BCUT2D eigenvalue weighted by Crippen LogP contribution is -2.47. The van der Waals surface area contributed by atoms with E-state index in [1.165, 1.54) is 6.92 Å². The number of aliphatic carboxylic acids is 1. The van der Waals surface area contributed by atoms with Gasteiger partial charge in [-0.2, -0.15) is 0 Å². The Morgan fingerprint density at radius 1 is 1.58 bits per heavy atom. The molecule has 0 radical (unpaired) electrons. The Hall–Kier alpha value is -1.54. The van der Waals surface area contributed by atoms with Crippen molar-refractivity contribution in [3.8, 4) is 12.3 Å². The molecular formula is C7H9NO4. The number of carbonyl (C=O) groups is 2. The highest BCUT2D eigenvalue weighted by Crippen LogP contribution is 1.92. The van der Waals surface area contributed by atoms with E-state index >= 15 is 0 Å². The molecule has 2 atom stereocenters. The van der Waals surface area contributed by atoms with E-state index in [0.29, 0.717) is 0 Å². The third-order valence-electron chi connectivity index (χ3n) is 1.17. The summed E-state index contributed by atoms with van der Waals surface area (Å²) in [6.07, 6.45) is 3.50. The van der Waals surface area contributed by atoms with Gasteiger partial charge in [-0.05, 0) is 12.8 Å². The van der Waals surface area contributed by atoms with Crippen LogP contribution in [0.15, 0.2) is 0 Å². The van der Waals surface area contributed by atoms with Crippen molar-refractivity contribution in [2.45, 2.75) is 19.1 Å². The molecule has 66 valence electrons. The quantitative estimate of drug-likeness (QED) is 0.454. The van der Waals surface area contributed by atoms with Crippen molar-refractivity contribution in [3.05, 3.63) is 0 Å². The number of carbonyl (C=O) groups excluding carboxylic acids is 1. The van der Waals surface area contributed by atoms with Gasteiger partial charge in [0.15, 0.2) is 6.04 Å². The monoisotopic (exact) mass is 171 g/mol. The number of rotatable bonds is 3. The number of hydrogen-bond acceptors (Lipinski definition) is 3. The van der Waals surface area contributed by atoms with Crippen LogP contribution in [-0.4, -0.2) is 34.2 Å². The maximum Gasteiger partial charge on any atom is 0.328 e. The second kappa shape index (κ2) is 4.36. The summed E-state index contributed by atoms with van der Waals surface area (Å²) in [4.78, 5) is 20.9. The van der Waals surface area contributed by atoms with E-state index in [-0.39, 0.29) is 0 Å². The third-order valence-corrected chi connectivity index (χ3v) is 1.17. The number of hydrogen-bond donors (Lipinski definition) is 3. The predicted molar refractivity (Wildman–Crippen MR) is 40.1 cm³/mol. The van der Waals surface area contributed by atoms with Gasteiger partial charge in [-0.15, -0.1) is 6.42 Å². The Labute approximate surface area is 69.4 Å². The zero-order valence-corrected chi connectivity index (χ0v) is 6.44. The number of amides is 1. The first-order chi connectivity index (χ1) is 5.49. The van der Waals surface area contributed by atoms with Crippen LogP contribution in [0, 0.1) is 12.3 Å². The molecule has 5 heteroatoms. The van der Waals surface area contributed by atoms with Crippen LogP contribution in [0.1, 0.15) is 6.92 Å². The molecule has 1 amide bonds. The second-order valence-electron chi connectivity index (χ2n) is 2.17. The molecule has 12 heavy (non-hydrogen) atoms. The molecule has 0 aromatic rings. The van der Waals surface area contributed by atoms with Gasteiger partial charge in [-0.3, -0.25) is 4.79 Å². The minimum Gasteiger partial charge on any atom is -0.480 e. The molecule has 5 nitrogen and oxygen atoms in total. The maximum absolute atomic E-state index is 10.5. The molecule has 0 aliphatic rings. The minimum atomic E-state index is -1.35. The van der Waals surface area contributed by atoms with Crippen LogP contribution in [0.2, 0.25) is 0 Å². The molecule has 0 aromatic carbocycles. The topological polar surface area (TPSA) is 86.6 Å². The van der Waals surface area contributed by atoms with Gasteiger partial charge in [-0.1, -0.05) is 0 Å². The van der Waals surface area contributed by atoms with Crippen LogP contribution in [0.3, 0.4) is 0 Å². The number of carboxylic acid groups (broad SMARTS) is 1. The normalized spacial score (nSPS) is 14.1. The van der Waals surface area contributed by atoms with E-state index in [9.17, 15) is 9.59 Å². The number of aliphatic hydroxyl groups excluding tert-OH is 1. The average molecular weight is 171 g/mol. The van der Waals surface area contributed by atoms with Crippen LogP contribution < -0.4 is 5.32 Å². The first kappa shape index (κ1) is 10.5. The van der Waals surface area contributed by atoms with Crippen molar-refractivity contribution < 1.29 is 19.8 Å². The van der Waals surface area contributed by atoms with Crippen molar-refractivity contribution in [3.63, 3.8) is 0 Å². The maximum atomic E-state index is 10.5. The predicted octanol–water partition coefficient (Wildman–Crippen LogP) is -1.43. The summed E-state index contributed by atoms with van der Waals surface area (Å²) < 4.78 is 0. The largest absolute Gasteiger partial charge is 0.480 e. The lowest BCUT2D eigenvalue weighted by atomic mass is 10.2. The standard InChI is InChI=1S/C7H9NO4/c1-3-5(10)8-6(4(2)9)7(11)12/h1,4,6,9H,2H3,(H,8,10)(H,11,12)/t4-,6+/m1/s1. The average Bonchev–Trinajstić information content (AvgIpc) is 1.98. The van der Waals surface area contributed by atoms with E-state index in [1.807, 2.05) is 5.32 Å². The summed E-state index contributed by atoms with van der Waals surface area (Å²) in [5.41, 5.74) is 0. The van der Waals surface area contributed by atoms with Gasteiger partial charge in [0, 0.05) is 0 Å². The van der Waals surface area contributed by atoms with Crippen LogP contribution >= 0.6 is 0 Å². The molecule has 0 saturated carbocycles. The minimum absolute atomic E-state index is 0.858. The Morgan fingerprint density at radius 3 is 2.33 bits per heavy atom. The van der Waals surface area contributed by atoms with Crippen LogP contribution in [0.25, 0.3) is 0 Å². The molecular weight excluding hydrogens is 162 g/mol. The number of aliphatic hydroxyl groups is 1. The molecule has 0 heterocycles. The zero-order valence-electron chi connectivity index (χ0n) is 6.44. The van der Waals surface area contributed by atoms with Crippen molar-refractivity contribution in [1.29, 1.82) is 0 Å². The molecule has 0 rings (SSSR count). The smallest absolute Gasteiger partial charge is 0.328 e. The molecule has 0 aliphatic heterocycles. The van der Waals surface area contributed by atoms with Crippen LogP contribution in [-0.2, 0) is 9.59 Å². The van der Waals surface area contributed by atoms with Crippen LogP contribution in [0.4, 0.5) is 0 Å². The van der Waals surface area contributed by atoms with E-state index < -0.39 is 24.0 Å². The molecule has 0 aliphatic carbocycles. The summed E-state index contributed by atoms with van der Waals surface area (Å²) in [6.45, 7) is 1.25. The summed E-state index contributed by atoms with van der Waals surface area (Å²) in [6, 6.07) is -1.35. The Morgan fingerprint density at radius 2 is 2.08 bits per heavy atom. The van der Waals surface area contributed by atoms with Gasteiger partial charge in [-0.25, -0.2) is 4.79 Å². The summed E-state index contributed by atoms with van der Waals surface area (Å²) in [5.74, 6) is -0.503. The summed E-state index contributed by atoms with van der Waals surface area (Å²) in [7, 11) is 0. The third kappa shape index (κ3) is 3.03. The van der Waals surface area contributed by atoms with E-state index in [0.717, 1.165) is 0 Å². The molecule has 0 fully saturated rings. The van der Waals surface area contributed by atoms with Crippen LogP contribution in [0.5, 0.6) is 0 Å². The van der Waals surface area contributed by atoms with Gasteiger partial charge in [0.05, 0.1) is 6.10 Å². The highest BCUT2D eigenvalue weighted by molar-refractivity contribution is 5.95. The molecule has 0 unspecified atom stereocenters. The Kier molecular flexibility index (Phi) is 3.80. The fourth-order valence-electron chi connectivity index (χ4n) is 0.572. The van der Waals surface area contributed by atoms with Crippen molar-refractivity contribution >= 4 is 11.9 Å². The molecule has 0 spiro atoms. The highest BCUT2D eigenvalue weighted by Gasteiger charge is 2.23. The number of nitrogens with one attached hydrogen (secondary N) is 1. The Bertz CT molecular complexity index is 228.